The number of methoxy groups -OCH3 is 1. The van der Waals surface area contributed by atoms with Crippen LogP contribution in [0.3, 0.4) is 0 Å². The van der Waals surface area contributed by atoms with Crippen LogP contribution in [0, 0.1) is 6.92 Å². The van der Waals surface area contributed by atoms with Gasteiger partial charge in [0.1, 0.15) is 11.3 Å². The van der Waals surface area contributed by atoms with Crippen LogP contribution < -0.4 is 14.4 Å². The maximum absolute atomic E-state index is 13.9. The molecule has 0 fully saturated rings. The Morgan fingerprint density at radius 1 is 1.08 bits per heavy atom. The number of carbonyl (C=O) groups excluding carboxylic acids is 1. The SMILES string of the molecule is COc1ccc(Cl)c2sc(N(Cc3cccnc3)C(=O)c3cccc(NS(=O)(=O)c4ccc(C)cc4)c3)nc12. The van der Waals surface area contributed by atoms with E-state index in [1.807, 2.05) is 13.0 Å². The van der Waals surface area contributed by atoms with E-state index >= 15 is 0 Å². The lowest BCUT2D eigenvalue weighted by atomic mass is 10.1. The molecule has 198 valence electrons. The number of pyridine rings is 1. The molecule has 1 amide bonds. The van der Waals surface area contributed by atoms with E-state index in [0.717, 1.165) is 11.1 Å². The maximum atomic E-state index is 13.9. The van der Waals surface area contributed by atoms with E-state index in [2.05, 4.69) is 9.71 Å². The van der Waals surface area contributed by atoms with Crippen molar-refractivity contribution in [3.8, 4) is 5.75 Å². The number of ether oxygens (including phenoxy) is 1. The van der Waals surface area contributed by atoms with Gasteiger partial charge in [0.25, 0.3) is 15.9 Å². The fourth-order valence-corrected chi connectivity index (χ4v) is 6.23. The zero-order valence-electron chi connectivity index (χ0n) is 21.0. The summed E-state index contributed by atoms with van der Waals surface area (Å²) < 4.78 is 34.6. The number of fused-ring (bicyclic) bond motifs is 1. The number of anilines is 2. The Labute approximate surface area is 234 Å². The molecule has 0 radical (unpaired) electrons. The Hall–Kier alpha value is -3.99. The number of carbonyl (C=O) groups is 1. The smallest absolute Gasteiger partial charge is 0.261 e. The molecular weight excluding hydrogens is 556 g/mol. The molecule has 2 heterocycles. The lowest BCUT2D eigenvalue weighted by Crippen LogP contribution is -2.30. The van der Waals surface area contributed by atoms with Gasteiger partial charge >= 0.3 is 0 Å². The molecule has 0 aliphatic carbocycles. The number of halogens is 1. The molecule has 8 nitrogen and oxygen atoms in total. The summed E-state index contributed by atoms with van der Waals surface area (Å²) in [5.74, 6) is 0.169. The largest absolute Gasteiger partial charge is 0.494 e. The Morgan fingerprint density at radius 2 is 1.87 bits per heavy atom. The molecule has 2 aromatic heterocycles. The average Bonchev–Trinajstić information content (AvgIpc) is 3.38. The highest BCUT2D eigenvalue weighted by molar-refractivity contribution is 7.92. The first-order valence-corrected chi connectivity index (χ1v) is 14.5. The highest BCUT2D eigenvalue weighted by Crippen LogP contribution is 2.39. The van der Waals surface area contributed by atoms with Crippen molar-refractivity contribution in [2.75, 3.05) is 16.7 Å². The van der Waals surface area contributed by atoms with Crippen LogP contribution in [0.15, 0.2) is 90.1 Å². The monoisotopic (exact) mass is 578 g/mol. The molecule has 1 N–H and O–H groups in total. The van der Waals surface area contributed by atoms with Crippen LogP contribution in [0.5, 0.6) is 5.75 Å². The molecule has 0 saturated carbocycles. The van der Waals surface area contributed by atoms with Gasteiger partial charge in [-0.3, -0.25) is 19.4 Å². The van der Waals surface area contributed by atoms with Crippen LogP contribution in [0.25, 0.3) is 10.2 Å². The minimum Gasteiger partial charge on any atom is -0.494 e. The van der Waals surface area contributed by atoms with E-state index in [0.29, 0.717) is 26.1 Å². The first-order chi connectivity index (χ1) is 18.7. The summed E-state index contributed by atoms with van der Waals surface area (Å²) in [5.41, 5.74) is 2.83. The van der Waals surface area contributed by atoms with Gasteiger partial charge in [-0.15, -0.1) is 0 Å². The summed E-state index contributed by atoms with van der Waals surface area (Å²) in [6.07, 6.45) is 3.33. The fraction of sp³-hybridized carbons (Fsp3) is 0.107. The van der Waals surface area contributed by atoms with Gasteiger partial charge in [-0.25, -0.2) is 13.4 Å². The number of aromatic nitrogens is 2. The van der Waals surface area contributed by atoms with Crippen molar-refractivity contribution in [2.45, 2.75) is 18.4 Å². The fourth-order valence-electron chi connectivity index (χ4n) is 3.92. The van der Waals surface area contributed by atoms with Crippen LogP contribution in [0.4, 0.5) is 10.8 Å². The topological polar surface area (TPSA) is 101 Å². The van der Waals surface area contributed by atoms with Crippen molar-refractivity contribution in [3.63, 3.8) is 0 Å². The van der Waals surface area contributed by atoms with E-state index in [1.165, 1.54) is 34.4 Å². The Balaban J connectivity index is 1.52. The quantitative estimate of drug-likeness (QED) is 0.231. The highest BCUT2D eigenvalue weighted by atomic mass is 35.5. The third-order valence-corrected chi connectivity index (χ3v) is 8.84. The normalized spacial score (nSPS) is 11.4. The predicted octanol–water partition coefficient (Wildman–Crippen LogP) is 6.31. The molecular formula is C28H23ClN4O4S2. The number of sulfonamides is 1. The second-order valence-corrected chi connectivity index (χ2v) is 11.7. The van der Waals surface area contributed by atoms with Crippen LogP contribution in [-0.4, -0.2) is 31.4 Å². The van der Waals surface area contributed by atoms with Crippen molar-refractivity contribution >= 4 is 59.9 Å². The van der Waals surface area contributed by atoms with Gasteiger partial charge in [-0.2, -0.15) is 0 Å². The molecule has 0 aliphatic rings. The standard InChI is InChI=1S/C28H23ClN4O4S2/c1-18-8-10-22(11-9-18)39(35,36)32-21-7-3-6-20(15-21)27(34)33(17-19-5-4-14-30-16-19)28-31-25-24(37-2)13-12-23(29)26(25)38-28/h3-16,32H,17H2,1-2H3. The Bertz CT molecular complexity index is 1760. The number of hydrogen-bond acceptors (Lipinski definition) is 7. The van der Waals surface area contributed by atoms with Gasteiger partial charge < -0.3 is 4.74 Å². The van der Waals surface area contributed by atoms with Gasteiger partial charge in [0, 0.05) is 23.6 Å². The van der Waals surface area contributed by atoms with Crippen LogP contribution in [-0.2, 0) is 16.6 Å². The third-order valence-electron chi connectivity index (χ3n) is 5.90. The molecule has 0 aliphatic heterocycles. The second-order valence-electron chi connectivity index (χ2n) is 8.68. The number of thiazole rings is 1. The average molecular weight is 579 g/mol. The number of nitrogens with one attached hydrogen (secondary N) is 1. The van der Waals surface area contributed by atoms with Crippen LogP contribution in [0.2, 0.25) is 5.02 Å². The predicted molar refractivity (Wildman–Crippen MR) is 154 cm³/mol. The van der Waals surface area contributed by atoms with E-state index in [1.54, 1.807) is 68.0 Å². The number of rotatable bonds is 8. The van der Waals surface area contributed by atoms with E-state index in [4.69, 9.17) is 21.3 Å². The lowest BCUT2D eigenvalue weighted by molar-refractivity contribution is 0.0985. The lowest BCUT2D eigenvalue weighted by Gasteiger charge is -2.20. The minimum absolute atomic E-state index is 0.128. The Morgan fingerprint density at radius 3 is 2.59 bits per heavy atom. The van der Waals surface area contributed by atoms with Crippen LogP contribution >= 0.6 is 22.9 Å². The van der Waals surface area contributed by atoms with Crippen molar-refractivity contribution in [1.29, 1.82) is 0 Å². The van der Waals surface area contributed by atoms with E-state index in [9.17, 15) is 13.2 Å². The molecule has 0 unspecified atom stereocenters. The van der Waals surface area contributed by atoms with E-state index in [-0.39, 0.29) is 28.6 Å². The van der Waals surface area contributed by atoms with E-state index < -0.39 is 10.0 Å². The number of benzene rings is 3. The van der Waals surface area contributed by atoms with Crippen LogP contribution in [0.1, 0.15) is 21.5 Å². The third kappa shape index (κ3) is 5.73. The molecule has 11 heteroatoms. The summed E-state index contributed by atoms with van der Waals surface area (Å²) in [6.45, 7) is 2.07. The number of hydrogen-bond donors (Lipinski definition) is 1. The summed E-state index contributed by atoms with van der Waals surface area (Å²) in [6, 6.07) is 20.0. The van der Waals surface area contributed by atoms with Gasteiger partial charge in [0.15, 0.2) is 5.13 Å². The number of nitrogens with zero attached hydrogens (tertiary/aromatic N) is 3. The highest BCUT2D eigenvalue weighted by Gasteiger charge is 2.24. The molecule has 3 aromatic carbocycles. The van der Waals surface area contributed by atoms with Gasteiger partial charge in [0.05, 0.1) is 28.3 Å². The molecule has 5 aromatic rings. The molecule has 0 bridgehead atoms. The van der Waals surface area contributed by atoms with Gasteiger partial charge in [-0.1, -0.05) is 52.8 Å². The maximum Gasteiger partial charge on any atom is 0.261 e. The molecule has 0 atom stereocenters. The van der Waals surface area contributed by atoms with Crippen molar-refractivity contribution in [2.24, 2.45) is 0 Å². The van der Waals surface area contributed by atoms with Gasteiger partial charge in [0.2, 0.25) is 0 Å². The summed E-state index contributed by atoms with van der Waals surface area (Å²) in [7, 11) is -2.30. The van der Waals surface area contributed by atoms with Crippen molar-refractivity contribution in [1.82, 2.24) is 9.97 Å². The number of amides is 1. The molecule has 39 heavy (non-hydrogen) atoms. The molecule has 0 saturated heterocycles. The Kier molecular flexibility index (Phi) is 7.51. The van der Waals surface area contributed by atoms with Gasteiger partial charge in [-0.05, 0) is 61.0 Å². The number of aryl methyl sites for hydroxylation is 1. The summed E-state index contributed by atoms with van der Waals surface area (Å²) in [5, 5.41) is 0.909. The van der Waals surface area contributed by atoms with Crippen molar-refractivity contribution < 1.29 is 17.9 Å². The molecule has 5 rings (SSSR count). The minimum atomic E-state index is -3.85. The zero-order valence-corrected chi connectivity index (χ0v) is 23.3. The first-order valence-electron chi connectivity index (χ1n) is 11.8. The zero-order chi connectivity index (χ0) is 27.6. The first kappa shape index (κ1) is 26.6. The van der Waals surface area contributed by atoms with Crippen molar-refractivity contribution in [3.05, 3.63) is 107 Å². The molecule has 0 spiro atoms. The summed E-state index contributed by atoms with van der Waals surface area (Å²) in [4.78, 5) is 24.4. The summed E-state index contributed by atoms with van der Waals surface area (Å²) >= 11 is 7.70. The second kappa shape index (κ2) is 11.0.